The summed E-state index contributed by atoms with van der Waals surface area (Å²) in [6, 6.07) is 0. The molecule has 1 saturated carbocycles. The fraction of sp³-hybridized carbons (Fsp3) is 0.909. The van der Waals surface area contributed by atoms with Crippen molar-refractivity contribution in [2.24, 2.45) is 5.92 Å². The average Bonchev–Trinajstić information content (AvgIpc) is 2.17. The number of unbranched alkanes of at least 4 members (excludes halogenated alkanes) is 1. The Morgan fingerprint density at radius 2 is 2.00 bits per heavy atom. The number of halogens is 2. The van der Waals surface area contributed by atoms with Crippen molar-refractivity contribution >= 4 is 29.2 Å². The lowest BCUT2D eigenvalue weighted by atomic mass is 9.85. The first-order valence-electron chi connectivity index (χ1n) is 5.59. The van der Waals surface area contributed by atoms with Crippen LogP contribution in [-0.4, -0.2) is 21.8 Å². The number of hydrogen-bond donors (Lipinski definition) is 1. The Morgan fingerprint density at radius 3 is 2.67 bits per heavy atom. The van der Waals surface area contributed by atoms with Crippen LogP contribution in [0.5, 0.6) is 0 Å². The van der Waals surface area contributed by atoms with E-state index < -0.39 is 5.97 Å². The number of carbonyl (C=O) groups is 1. The van der Waals surface area contributed by atoms with Crippen LogP contribution in [0.15, 0.2) is 0 Å². The van der Waals surface area contributed by atoms with E-state index in [1.54, 1.807) is 0 Å². The minimum atomic E-state index is -0.712. The van der Waals surface area contributed by atoms with Gasteiger partial charge in [-0.15, -0.1) is 23.2 Å². The van der Waals surface area contributed by atoms with Gasteiger partial charge < -0.3 is 5.11 Å². The van der Waals surface area contributed by atoms with E-state index in [1.165, 1.54) is 0 Å². The quantitative estimate of drug-likeness (QED) is 0.599. The van der Waals surface area contributed by atoms with Crippen molar-refractivity contribution in [2.45, 2.75) is 55.7 Å². The fourth-order valence-corrected chi connectivity index (χ4v) is 2.86. The van der Waals surface area contributed by atoms with Gasteiger partial charge in [0.2, 0.25) is 0 Å². The second-order valence-electron chi connectivity index (χ2n) is 4.33. The maximum Gasteiger partial charge on any atom is 0.303 e. The highest BCUT2D eigenvalue weighted by atomic mass is 35.5. The molecule has 1 aliphatic rings. The van der Waals surface area contributed by atoms with Crippen LogP contribution >= 0.6 is 23.2 Å². The molecule has 0 bridgehead atoms. The second-order valence-corrected chi connectivity index (χ2v) is 5.50. The predicted octanol–water partition coefficient (Wildman–Crippen LogP) is 3.65. The summed E-state index contributed by atoms with van der Waals surface area (Å²) < 4.78 is 0. The molecule has 1 rings (SSSR count). The Labute approximate surface area is 101 Å². The van der Waals surface area contributed by atoms with Crippen LogP contribution in [-0.2, 0) is 4.79 Å². The van der Waals surface area contributed by atoms with Crippen LogP contribution < -0.4 is 0 Å². The van der Waals surface area contributed by atoms with Gasteiger partial charge in [-0.25, -0.2) is 0 Å². The van der Waals surface area contributed by atoms with Gasteiger partial charge in [-0.1, -0.05) is 6.42 Å². The SMILES string of the molecule is O=C(O)CCCCC1CC(Cl)CCC1Cl. The van der Waals surface area contributed by atoms with E-state index in [0.717, 1.165) is 38.5 Å². The van der Waals surface area contributed by atoms with Gasteiger partial charge in [-0.2, -0.15) is 0 Å². The van der Waals surface area contributed by atoms with Gasteiger partial charge in [-0.3, -0.25) is 4.79 Å². The highest BCUT2D eigenvalue weighted by Crippen LogP contribution is 2.34. The summed E-state index contributed by atoms with van der Waals surface area (Å²) in [6.45, 7) is 0. The normalized spacial score (nSPS) is 31.5. The molecule has 3 atom stereocenters. The molecule has 0 heterocycles. The number of carboxylic acids is 1. The number of hydrogen-bond acceptors (Lipinski definition) is 1. The summed E-state index contributed by atoms with van der Waals surface area (Å²) in [6.07, 6.45) is 5.99. The molecule has 1 N–H and O–H groups in total. The molecule has 88 valence electrons. The molecule has 15 heavy (non-hydrogen) atoms. The van der Waals surface area contributed by atoms with Crippen LogP contribution in [0.4, 0.5) is 0 Å². The topological polar surface area (TPSA) is 37.3 Å². The molecule has 4 heteroatoms. The highest BCUT2D eigenvalue weighted by Gasteiger charge is 2.27. The lowest BCUT2D eigenvalue weighted by Crippen LogP contribution is -2.25. The van der Waals surface area contributed by atoms with Gasteiger partial charge in [0.25, 0.3) is 0 Å². The van der Waals surface area contributed by atoms with E-state index >= 15 is 0 Å². The first-order valence-corrected chi connectivity index (χ1v) is 6.47. The Morgan fingerprint density at radius 1 is 1.27 bits per heavy atom. The molecule has 1 aliphatic carbocycles. The summed E-state index contributed by atoms with van der Waals surface area (Å²) in [4.78, 5) is 10.3. The van der Waals surface area contributed by atoms with Crippen molar-refractivity contribution in [2.75, 3.05) is 0 Å². The van der Waals surface area contributed by atoms with Crippen LogP contribution in [0.3, 0.4) is 0 Å². The van der Waals surface area contributed by atoms with Crippen molar-refractivity contribution in [3.63, 3.8) is 0 Å². The molecule has 0 radical (unpaired) electrons. The van der Waals surface area contributed by atoms with Gasteiger partial charge in [0.05, 0.1) is 0 Å². The zero-order valence-electron chi connectivity index (χ0n) is 8.79. The van der Waals surface area contributed by atoms with Gasteiger partial charge in [0.15, 0.2) is 0 Å². The molecule has 2 nitrogen and oxygen atoms in total. The summed E-state index contributed by atoms with van der Waals surface area (Å²) in [5, 5.41) is 9.01. The molecule has 0 saturated heterocycles. The van der Waals surface area contributed by atoms with Crippen molar-refractivity contribution in [1.82, 2.24) is 0 Å². The first kappa shape index (κ1) is 13.1. The lowest BCUT2D eigenvalue weighted by molar-refractivity contribution is -0.137. The van der Waals surface area contributed by atoms with E-state index in [2.05, 4.69) is 0 Å². The number of rotatable bonds is 5. The van der Waals surface area contributed by atoms with E-state index in [0.29, 0.717) is 5.92 Å². The Hall–Kier alpha value is 0.0500. The zero-order valence-corrected chi connectivity index (χ0v) is 10.3. The molecule has 0 aromatic carbocycles. The van der Waals surface area contributed by atoms with Gasteiger partial charge in [-0.05, 0) is 38.0 Å². The van der Waals surface area contributed by atoms with Crippen molar-refractivity contribution in [1.29, 1.82) is 0 Å². The van der Waals surface area contributed by atoms with E-state index in [1.807, 2.05) is 0 Å². The smallest absolute Gasteiger partial charge is 0.303 e. The van der Waals surface area contributed by atoms with Crippen molar-refractivity contribution in [3.8, 4) is 0 Å². The fourth-order valence-electron chi connectivity index (χ4n) is 2.15. The standard InChI is InChI=1S/C11H18Cl2O2/c12-9-5-6-10(13)8(7-9)3-1-2-4-11(14)15/h8-10H,1-7H2,(H,14,15). The van der Waals surface area contributed by atoms with Crippen LogP contribution in [0.25, 0.3) is 0 Å². The summed E-state index contributed by atoms with van der Waals surface area (Å²) >= 11 is 12.3. The maximum absolute atomic E-state index is 10.3. The van der Waals surface area contributed by atoms with Gasteiger partial charge in [0.1, 0.15) is 0 Å². The number of alkyl halides is 2. The Balaban J connectivity index is 2.16. The summed E-state index contributed by atoms with van der Waals surface area (Å²) in [7, 11) is 0. The van der Waals surface area contributed by atoms with Crippen molar-refractivity contribution < 1.29 is 9.90 Å². The molecule has 0 aromatic rings. The second kappa shape index (κ2) is 6.59. The van der Waals surface area contributed by atoms with Gasteiger partial charge >= 0.3 is 5.97 Å². The molecule has 0 amide bonds. The Kier molecular flexibility index (Phi) is 5.77. The number of aliphatic carboxylic acids is 1. The van der Waals surface area contributed by atoms with Gasteiger partial charge in [0, 0.05) is 17.2 Å². The van der Waals surface area contributed by atoms with Crippen LogP contribution in [0.1, 0.15) is 44.9 Å². The monoisotopic (exact) mass is 252 g/mol. The number of carboxylic acid groups (broad SMARTS) is 1. The molecule has 0 aliphatic heterocycles. The first-order chi connectivity index (χ1) is 7.09. The predicted molar refractivity (Wildman–Crippen MR) is 62.7 cm³/mol. The minimum Gasteiger partial charge on any atom is -0.481 e. The largest absolute Gasteiger partial charge is 0.481 e. The van der Waals surface area contributed by atoms with E-state index in [-0.39, 0.29) is 17.2 Å². The lowest BCUT2D eigenvalue weighted by Gasteiger charge is -2.30. The zero-order chi connectivity index (χ0) is 11.3. The summed E-state index contributed by atoms with van der Waals surface area (Å²) in [5.74, 6) is -0.229. The third-order valence-electron chi connectivity index (χ3n) is 3.04. The molecule has 3 unspecified atom stereocenters. The molecule has 1 fully saturated rings. The molecular formula is C11H18Cl2O2. The maximum atomic E-state index is 10.3. The summed E-state index contributed by atoms with van der Waals surface area (Å²) in [5.41, 5.74) is 0. The average molecular weight is 253 g/mol. The van der Waals surface area contributed by atoms with E-state index in [9.17, 15) is 4.79 Å². The van der Waals surface area contributed by atoms with Crippen LogP contribution in [0.2, 0.25) is 0 Å². The minimum absolute atomic E-state index is 0.241. The third-order valence-corrected chi connectivity index (χ3v) is 4.01. The Bertz CT molecular complexity index is 209. The highest BCUT2D eigenvalue weighted by molar-refractivity contribution is 6.22. The third kappa shape index (κ3) is 5.07. The van der Waals surface area contributed by atoms with E-state index in [4.69, 9.17) is 28.3 Å². The molecule has 0 spiro atoms. The van der Waals surface area contributed by atoms with Crippen LogP contribution in [0, 0.1) is 5.92 Å². The molecule has 0 aromatic heterocycles. The van der Waals surface area contributed by atoms with Crippen molar-refractivity contribution in [3.05, 3.63) is 0 Å². The molecular weight excluding hydrogens is 235 g/mol.